The molecule has 1 aromatic heterocycles. The lowest BCUT2D eigenvalue weighted by Crippen LogP contribution is -2.37. The molecule has 0 bridgehead atoms. The van der Waals surface area contributed by atoms with Gasteiger partial charge < -0.3 is 10.1 Å². The molecule has 1 saturated carbocycles. The van der Waals surface area contributed by atoms with Gasteiger partial charge in [-0.05, 0) is 42.5 Å². The van der Waals surface area contributed by atoms with Crippen LogP contribution in [0.4, 0.5) is 17.6 Å². The first-order valence-electron chi connectivity index (χ1n) is 8.93. The second-order valence-corrected chi connectivity index (χ2v) is 6.88. The molecule has 28 heavy (non-hydrogen) atoms. The third-order valence-electron chi connectivity index (χ3n) is 5.06. The molecular formula is C20H20F4N2O2. The van der Waals surface area contributed by atoms with E-state index in [0.29, 0.717) is 5.56 Å². The summed E-state index contributed by atoms with van der Waals surface area (Å²) in [6, 6.07) is 6.06. The number of halogens is 4. The van der Waals surface area contributed by atoms with E-state index >= 15 is 0 Å². The minimum atomic E-state index is -2.73. The van der Waals surface area contributed by atoms with E-state index in [-0.39, 0.29) is 42.9 Å². The monoisotopic (exact) mass is 396 g/mol. The van der Waals surface area contributed by atoms with Crippen molar-refractivity contribution < 1.29 is 27.1 Å². The summed E-state index contributed by atoms with van der Waals surface area (Å²) in [5.41, 5.74) is 0.258. The van der Waals surface area contributed by atoms with Gasteiger partial charge in [0.05, 0.1) is 18.7 Å². The number of hydrogen-bond donors (Lipinski definition) is 1. The van der Waals surface area contributed by atoms with Crippen molar-refractivity contribution in [3.05, 3.63) is 59.4 Å². The number of hydrogen-bond acceptors (Lipinski definition) is 3. The Morgan fingerprint density at radius 2 is 1.93 bits per heavy atom. The van der Waals surface area contributed by atoms with Gasteiger partial charge >= 0.3 is 0 Å². The molecule has 1 fully saturated rings. The average molecular weight is 396 g/mol. The maximum Gasteiger partial charge on any atom is 0.254 e. The number of aromatic nitrogens is 1. The second-order valence-electron chi connectivity index (χ2n) is 6.88. The molecule has 8 heteroatoms. The number of ether oxygens (including phenoxy) is 1. The smallest absolute Gasteiger partial charge is 0.254 e. The molecule has 1 aliphatic rings. The van der Waals surface area contributed by atoms with Crippen molar-refractivity contribution >= 4 is 5.91 Å². The Balaban J connectivity index is 1.87. The number of amides is 1. The standard InChI is InChI=1S/C20H20F4N2O2/c1-28-15-4-2-3-14(17(15)22)19(27)26-18(13-5-6-16(21)25-11-13)12-7-9-20(23,24)10-8-12/h2-6,11-12,18H,7-10H2,1H3,(H,26,27). The number of carbonyl (C=O) groups is 1. The molecule has 4 nitrogen and oxygen atoms in total. The van der Waals surface area contributed by atoms with Crippen molar-refractivity contribution in [2.45, 2.75) is 37.6 Å². The summed E-state index contributed by atoms with van der Waals surface area (Å²) in [7, 11) is 1.29. The third-order valence-corrected chi connectivity index (χ3v) is 5.06. The summed E-state index contributed by atoms with van der Waals surface area (Å²) in [5, 5.41) is 2.72. The fraction of sp³-hybridized carbons (Fsp3) is 0.400. The Kier molecular flexibility index (Phi) is 5.86. The van der Waals surface area contributed by atoms with E-state index in [1.165, 1.54) is 37.6 Å². The van der Waals surface area contributed by atoms with Crippen molar-refractivity contribution in [3.63, 3.8) is 0 Å². The van der Waals surface area contributed by atoms with E-state index in [1.54, 1.807) is 0 Å². The van der Waals surface area contributed by atoms with Gasteiger partial charge in [0.1, 0.15) is 0 Å². The van der Waals surface area contributed by atoms with E-state index in [1.807, 2.05) is 0 Å². The maximum atomic E-state index is 14.4. The van der Waals surface area contributed by atoms with E-state index in [0.717, 1.165) is 6.07 Å². The highest BCUT2D eigenvalue weighted by Crippen LogP contribution is 2.41. The maximum absolute atomic E-state index is 14.4. The van der Waals surface area contributed by atoms with E-state index in [2.05, 4.69) is 10.3 Å². The van der Waals surface area contributed by atoms with Crippen LogP contribution in [0.3, 0.4) is 0 Å². The molecule has 1 aromatic carbocycles. The van der Waals surface area contributed by atoms with Crippen LogP contribution in [0.2, 0.25) is 0 Å². The highest BCUT2D eigenvalue weighted by molar-refractivity contribution is 5.95. The van der Waals surface area contributed by atoms with Crippen molar-refractivity contribution in [2.75, 3.05) is 7.11 Å². The highest BCUT2D eigenvalue weighted by atomic mass is 19.3. The number of carbonyl (C=O) groups excluding carboxylic acids is 1. The predicted molar refractivity (Wildman–Crippen MR) is 94.3 cm³/mol. The van der Waals surface area contributed by atoms with Gasteiger partial charge in [-0.1, -0.05) is 12.1 Å². The SMILES string of the molecule is COc1cccc(C(=O)NC(c2ccc(F)nc2)C2CCC(F)(F)CC2)c1F. The second kappa shape index (κ2) is 8.16. The normalized spacial score (nSPS) is 17.8. The third kappa shape index (κ3) is 4.43. The van der Waals surface area contributed by atoms with Crippen LogP contribution in [0.15, 0.2) is 36.5 Å². The van der Waals surface area contributed by atoms with Gasteiger partial charge in [0.2, 0.25) is 11.9 Å². The summed E-state index contributed by atoms with van der Waals surface area (Å²) in [6.07, 6.45) is 1.01. The summed E-state index contributed by atoms with van der Waals surface area (Å²) in [6.45, 7) is 0. The van der Waals surface area contributed by atoms with Gasteiger partial charge in [-0.3, -0.25) is 4.79 Å². The molecule has 1 aliphatic carbocycles. The van der Waals surface area contributed by atoms with E-state index < -0.39 is 29.6 Å². The lowest BCUT2D eigenvalue weighted by Gasteiger charge is -2.34. The number of nitrogens with one attached hydrogen (secondary N) is 1. The zero-order chi connectivity index (χ0) is 20.3. The molecule has 3 rings (SSSR count). The Morgan fingerprint density at radius 1 is 1.21 bits per heavy atom. The van der Waals surface area contributed by atoms with Crippen molar-refractivity contribution in [1.82, 2.24) is 10.3 Å². The number of benzene rings is 1. The first-order chi connectivity index (χ1) is 13.3. The Hall–Kier alpha value is -2.64. The fourth-order valence-corrected chi connectivity index (χ4v) is 3.50. The average Bonchev–Trinajstić information content (AvgIpc) is 2.67. The molecular weight excluding hydrogens is 376 g/mol. The highest BCUT2D eigenvalue weighted by Gasteiger charge is 2.38. The number of methoxy groups -OCH3 is 1. The molecule has 1 heterocycles. The molecule has 1 atom stereocenters. The van der Waals surface area contributed by atoms with Crippen LogP contribution in [-0.4, -0.2) is 23.9 Å². The Morgan fingerprint density at radius 3 is 2.54 bits per heavy atom. The van der Waals surface area contributed by atoms with Gasteiger partial charge in [0.15, 0.2) is 11.6 Å². The molecule has 0 spiro atoms. The van der Waals surface area contributed by atoms with Crippen molar-refractivity contribution in [1.29, 1.82) is 0 Å². The number of pyridine rings is 1. The van der Waals surface area contributed by atoms with Crippen LogP contribution >= 0.6 is 0 Å². The van der Waals surface area contributed by atoms with Crippen molar-refractivity contribution in [2.24, 2.45) is 5.92 Å². The van der Waals surface area contributed by atoms with E-state index in [9.17, 15) is 22.4 Å². The van der Waals surface area contributed by atoms with Crippen molar-refractivity contribution in [3.8, 4) is 5.75 Å². The summed E-state index contributed by atoms with van der Waals surface area (Å²) >= 11 is 0. The van der Waals surface area contributed by atoms with Crippen LogP contribution < -0.4 is 10.1 Å². The summed E-state index contributed by atoms with van der Waals surface area (Å²) in [5.74, 6) is -5.32. The van der Waals surface area contributed by atoms with Gasteiger partial charge in [-0.2, -0.15) is 4.39 Å². The predicted octanol–water partition coefficient (Wildman–Crippen LogP) is 4.67. The summed E-state index contributed by atoms with van der Waals surface area (Å²) in [4.78, 5) is 16.3. The fourth-order valence-electron chi connectivity index (χ4n) is 3.50. The topological polar surface area (TPSA) is 51.2 Å². The van der Waals surface area contributed by atoms with Gasteiger partial charge in [0.25, 0.3) is 5.91 Å². The van der Waals surface area contributed by atoms with Crippen LogP contribution in [0, 0.1) is 17.7 Å². The lowest BCUT2D eigenvalue weighted by molar-refractivity contribution is -0.0494. The van der Waals surface area contributed by atoms with E-state index in [4.69, 9.17) is 4.74 Å². The zero-order valence-corrected chi connectivity index (χ0v) is 15.2. The van der Waals surface area contributed by atoms with Crippen LogP contribution in [0.1, 0.15) is 47.6 Å². The molecule has 0 radical (unpaired) electrons. The molecule has 1 N–H and O–H groups in total. The first-order valence-corrected chi connectivity index (χ1v) is 8.93. The van der Waals surface area contributed by atoms with Crippen LogP contribution in [-0.2, 0) is 0 Å². The largest absolute Gasteiger partial charge is 0.494 e. The Labute approximate surface area is 159 Å². The van der Waals surface area contributed by atoms with Gasteiger partial charge in [-0.15, -0.1) is 0 Å². The number of alkyl halides is 2. The summed E-state index contributed by atoms with van der Waals surface area (Å²) < 4.78 is 59.6. The van der Waals surface area contributed by atoms with Crippen LogP contribution in [0.5, 0.6) is 5.75 Å². The van der Waals surface area contributed by atoms with Gasteiger partial charge in [0, 0.05) is 19.0 Å². The van der Waals surface area contributed by atoms with Crippen LogP contribution in [0.25, 0.3) is 0 Å². The zero-order valence-electron chi connectivity index (χ0n) is 15.2. The molecule has 1 amide bonds. The molecule has 0 saturated heterocycles. The quantitative estimate of drug-likeness (QED) is 0.591. The number of nitrogens with zero attached hydrogens (tertiary/aromatic N) is 1. The molecule has 150 valence electrons. The Bertz CT molecular complexity index is 833. The molecule has 1 unspecified atom stereocenters. The molecule has 0 aliphatic heterocycles. The lowest BCUT2D eigenvalue weighted by atomic mass is 9.80. The van der Waals surface area contributed by atoms with Gasteiger partial charge in [-0.25, -0.2) is 18.2 Å². The minimum Gasteiger partial charge on any atom is -0.494 e. The minimum absolute atomic E-state index is 0.0787. The number of rotatable bonds is 5. The molecule has 2 aromatic rings. The first kappa shape index (κ1) is 20.1.